The maximum absolute atomic E-state index is 13.3. The van der Waals surface area contributed by atoms with E-state index in [2.05, 4.69) is 16.3 Å². The lowest BCUT2D eigenvalue weighted by Crippen LogP contribution is -2.61. The van der Waals surface area contributed by atoms with Gasteiger partial charge in [0, 0.05) is 37.1 Å². The summed E-state index contributed by atoms with van der Waals surface area (Å²) in [6.45, 7) is 2.85. The van der Waals surface area contributed by atoms with Gasteiger partial charge in [-0.25, -0.2) is 12.8 Å². The van der Waals surface area contributed by atoms with Crippen LogP contribution in [0.25, 0.3) is 0 Å². The smallest absolute Gasteiger partial charge is 0.243 e. The van der Waals surface area contributed by atoms with Gasteiger partial charge in [-0.15, -0.1) is 11.3 Å². The Morgan fingerprint density at radius 1 is 1.22 bits per heavy atom. The molecule has 0 bridgehead atoms. The number of sulfonamides is 1. The minimum Gasteiger partial charge on any atom is -0.293 e. The van der Waals surface area contributed by atoms with Crippen LogP contribution in [-0.4, -0.2) is 43.3 Å². The summed E-state index contributed by atoms with van der Waals surface area (Å²) in [5.74, 6) is -0.524. The Morgan fingerprint density at radius 2 is 2.04 bits per heavy atom. The number of benzene rings is 1. The third-order valence-electron chi connectivity index (χ3n) is 4.62. The van der Waals surface area contributed by atoms with Gasteiger partial charge in [-0.1, -0.05) is 6.07 Å². The second-order valence-electron chi connectivity index (χ2n) is 6.02. The minimum atomic E-state index is -3.58. The van der Waals surface area contributed by atoms with E-state index in [0.717, 1.165) is 25.6 Å². The maximum Gasteiger partial charge on any atom is 0.243 e. The standard InChI is InChI=1S/C16H17FN2O2S2/c17-13-2-1-3-15(8-13)23(20,21)19-10-14(11-19)18-6-4-16-12(9-18)5-7-22-16/h1-3,5,7-8,14H,4,6,9-11H2. The predicted molar refractivity (Wildman–Crippen MR) is 87.4 cm³/mol. The topological polar surface area (TPSA) is 40.6 Å². The number of halogens is 1. The summed E-state index contributed by atoms with van der Waals surface area (Å²) in [4.78, 5) is 3.84. The number of fused-ring (bicyclic) bond motifs is 1. The molecule has 1 aromatic heterocycles. The fourth-order valence-electron chi connectivity index (χ4n) is 3.20. The van der Waals surface area contributed by atoms with Crippen LogP contribution in [-0.2, 0) is 23.0 Å². The summed E-state index contributed by atoms with van der Waals surface area (Å²) in [6, 6.07) is 7.63. The minimum absolute atomic E-state index is 0.0368. The predicted octanol–water partition coefficient (Wildman–Crippen LogP) is 2.32. The summed E-state index contributed by atoms with van der Waals surface area (Å²) in [7, 11) is -3.58. The Morgan fingerprint density at radius 3 is 2.83 bits per heavy atom. The van der Waals surface area contributed by atoms with Gasteiger partial charge in [0.05, 0.1) is 4.90 Å². The molecular weight excluding hydrogens is 335 g/mol. The van der Waals surface area contributed by atoms with Crippen molar-refractivity contribution in [2.24, 2.45) is 0 Å². The zero-order chi connectivity index (χ0) is 16.0. The van der Waals surface area contributed by atoms with Crippen molar-refractivity contribution in [3.63, 3.8) is 0 Å². The van der Waals surface area contributed by atoms with Crippen molar-refractivity contribution in [1.82, 2.24) is 9.21 Å². The Hall–Kier alpha value is -1.28. The van der Waals surface area contributed by atoms with Gasteiger partial charge in [0.25, 0.3) is 0 Å². The molecule has 0 radical (unpaired) electrons. The molecule has 7 heteroatoms. The molecule has 2 aliphatic heterocycles. The van der Waals surface area contributed by atoms with Gasteiger partial charge in [0.15, 0.2) is 0 Å². The van der Waals surface area contributed by atoms with Crippen LogP contribution in [0.2, 0.25) is 0 Å². The molecule has 0 unspecified atom stereocenters. The van der Waals surface area contributed by atoms with E-state index in [1.807, 2.05) is 0 Å². The summed E-state index contributed by atoms with van der Waals surface area (Å²) in [5.41, 5.74) is 1.37. The van der Waals surface area contributed by atoms with Gasteiger partial charge >= 0.3 is 0 Å². The van der Waals surface area contributed by atoms with Gasteiger partial charge in [0.2, 0.25) is 10.0 Å². The van der Waals surface area contributed by atoms with E-state index in [0.29, 0.717) is 13.1 Å². The normalized spacial score (nSPS) is 20.2. The van der Waals surface area contributed by atoms with Crippen molar-refractivity contribution in [3.8, 4) is 0 Å². The van der Waals surface area contributed by atoms with Gasteiger partial charge in [-0.2, -0.15) is 4.31 Å². The second-order valence-corrected chi connectivity index (χ2v) is 8.96. The number of hydrogen-bond donors (Lipinski definition) is 0. The van der Waals surface area contributed by atoms with E-state index in [-0.39, 0.29) is 10.9 Å². The lowest BCUT2D eigenvalue weighted by atomic mass is 10.0. The average Bonchev–Trinajstić information content (AvgIpc) is 2.93. The zero-order valence-corrected chi connectivity index (χ0v) is 14.1. The van der Waals surface area contributed by atoms with E-state index in [1.165, 1.54) is 32.9 Å². The number of thiophene rings is 1. The van der Waals surface area contributed by atoms with Crippen LogP contribution in [0.3, 0.4) is 0 Å². The SMILES string of the molecule is O=S(=O)(c1cccc(F)c1)N1CC(N2CCc3sccc3C2)C1. The molecule has 2 aliphatic rings. The van der Waals surface area contributed by atoms with Crippen LogP contribution >= 0.6 is 11.3 Å². The Kier molecular flexibility index (Phi) is 3.76. The molecule has 4 nitrogen and oxygen atoms in total. The van der Waals surface area contributed by atoms with Crippen molar-refractivity contribution in [3.05, 3.63) is 52.0 Å². The first-order valence-electron chi connectivity index (χ1n) is 7.59. The molecule has 0 aliphatic carbocycles. The van der Waals surface area contributed by atoms with Crippen molar-refractivity contribution >= 4 is 21.4 Å². The van der Waals surface area contributed by atoms with Crippen LogP contribution in [0.1, 0.15) is 10.4 Å². The highest BCUT2D eigenvalue weighted by Crippen LogP contribution is 2.30. The van der Waals surface area contributed by atoms with Crippen LogP contribution < -0.4 is 0 Å². The van der Waals surface area contributed by atoms with Gasteiger partial charge in [0.1, 0.15) is 5.82 Å². The van der Waals surface area contributed by atoms with E-state index in [9.17, 15) is 12.8 Å². The molecule has 1 aromatic carbocycles. The highest BCUT2D eigenvalue weighted by atomic mass is 32.2. The van der Waals surface area contributed by atoms with E-state index in [4.69, 9.17) is 0 Å². The van der Waals surface area contributed by atoms with Crippen molar-refractivity contribution in [2.75, 3.05) is 19.6 Å². The lowest BCUT2D eigenvalue weighted by molar-refractivity contribution is 0.0775. The second kappa shape index (κ2) is 5.66. The molecular formula is C16H17FN2O2S2. The van der Waals surface area contributed by atoms with E-state index >= 15 is 0 Å². The summed E-state index contributed by atoms with van der Waals surface area (Å²) in [6.07, 6.45) is 1.04. The molecule has 0 N–H and O–H groups in total. The molecule has 0 amide bonds. The van der Waals surface area contributed by atoms with E-state index < -0.39 is 15.8 Å². The first kappa shape index (κ1) is 15.3. The molecule has 0 spiro atoms. The highest BCUT2D eigenvalue weighted by Gasteiger charge is 2.40. The average molecular weight is 352 g/mol. The zero-order valence-electron chi connectivity index (χ0n) is 12.5. The fourth-order valence-corrected chi connectivity index (χ4v) is 5.64. The van der Waals surface area contributed by atoms with Crippen LogP contribution in [0.15, 0.2) is 40.6 Å². The molecule has 0 saturated carbocycles. The largest absolute Gasteiger partial charge is 0.293 e. The van der Waals surface area contributed by atoms with Crippen LogP contribution in [0.5, 0.6) is 0 Å². The molecule has 0 atom stereocenters. The maximum atomic E-state index is 13.3. The fraction of sp³-hybridized carbons (Fsp3) is 0.375. The number of hydrogen-bond acceptors (Lipinski definition) is 4. The Balaban J connectivity index is 1.44. The van der Waals surface area contributed by atoms with Crippen LogP contribution in [0, 0.1) is 5.82 Å². The lowest BCUT2D eigenvalue weighted by Gasteiger charge is -2.45. The first-order chi connectivity index (χ1) is 11.0. The van der Waals surface area contributed by atoms with Gasteiger partial charge < -0.3 is 0 Å². The summed E-state index contributed by atoms with van der Waals surface area (Å²) in [5, 5.41) is 2.12. The molecule has 3 heterocycles. The molecule has 23 heavy (non-hydrogen) atoms. The number of rotatable bonds is 3. The number of nitrogens with zero attached hydrogens (tertiary/aromatic N) is 2. The third-order valence-corrected chi connectivity index (χ3v) is 7.47. The van der Waals surface area contributed by atoms with Crippen molar-refractivity contribution in [2.45, 2.75) is 23.9 Å². The first-order valence-corrected chi connectivity index (χ1v) is 9.91. The van der Waals surface area contributed by atoms with E-state index in [1.54, 1.807) is 11.3 Å². The Bertz CT molecular complexity index is 828. The molecule has 2 aromatic rings. The monoisotopic (exact) mass is 352 g/mol. The molecule has 122 valence electrons. The van der Waals surface area contributed by atoms with Crippen LogP contribution in [0.4, 0.5) is 4.39 Å². The van der Waals surface area contributed by atoms with Crippen molar-refractivity contribution < 1.29 is 12.8 Å². The highest BCUT2D eigenvalue weighted by molar-refractivity contribution is 7.89. The molecule has 1 fully saturated rings. The molecule has 1 saturated heterocycles. The third kappa shape index (κ3) is 2.71. The summed E-state index contributed by atoms with van der Waals surface area (Å²) < 4.78 is 39.7. The quantitative estimate of drug-likeness (QED) is 0.851. The van der Waals surface area contributed by atoms with Gasteiger partial charge in [-0.3, -0.25) is 4.90 Å². The molecule has 4 rings (SSSR count). The van der Waals surface area contributed by atoms with Crippen molar-refractivity contribution in [1.29, 1.82) is 0 Å². The Labute approximate surface area is 139 Å². The summed E-state index contributed by atoms with van der Waals surface area (Å²) >= 11 is 1.80. The van der Waals surface area contributed by atoms with Gasteiger partial charge in [-0.05, 0) is 41.6 Å².